The van der Waals surface area contributed by atoms with Gasteiger partial charge in [-0.25, -0.2) is 14.2 Å². The molecule has 41 heavy (non-hydrogen) atoms. The Morgan fingerprint density at radius 1 is 0.780 bits per heavy atom. The highest BCUT2D eigenvalue weighted by atomic mass is 19.1. The lowest BCUT2D eigenvalue weighted by molar-refractivity contribution is 0.103. The Morgan fingerprint density at radius 3 is 2.27 bits per heavy atom. The van der Waals surface area contributed by atoms with Crippen molar-refractivity contribution in [3.8, 4) is 11.3 Å². The predicted molar refractivity (Wildman–Crippen MR) is 159 cm³/mol. The molecule has 5 aromatic rings. The van der Waals surface area contributed by atoms with Crippen molar-refractivity contribution in [2.75, 3.05) is 41.7 Å². The molecule has 6 rings (SSSR count). The SMILES string of the molecule is O=C(Nc1ccc(C(=O)c2ccc3ncc(-c4ccc(N5CCNCC5)cc4)nc3c2)cc1)Nc1cccc(F)c1. The maximum absolute atomic E-state index is 13.3. The molecule has 2 amide bonds. The van der Waals surface area contributed by atoms with Crippen molar-refractivity contribution in [2.24, 2.45) is 0 Å². The van der Waals surface area contributed by atoms with Crippen LogP contribution in [-0.4, -0.2) is 48.0 Å². The number of carbonyl (C=O) groups excluding carboxylic acids is 2. The molecule has 1 saturated heterocycles. The van der Waals surface area contributed by atoms with E-state index in [9.17, 15) is 14.0 Å². The van der Waals surface area contributed by atoms with Gasteiger partial charge in [-0.1, -0.05) is 18.2 Å². The zero-order valence-corrected chi connectivity index (χ0v) is 22.1. The topological polar surface area (TPSA) is 99.2 Å². The largest absolute Gasteiger partial charge is 0.369 e. The third-order valence-corrected chi connectivity index (χ3v) is 6.94. The van der Waals surface area contributed by atoms with Crippen LogP contribution in [-0.2, 0) is 0 Å². The van der Waals surface area contributed by atoms with E-state index in [1.807, 2.05) is 0 Å². The minimum absolute atomic E-state index is 0.171. The summed E-state index contributed by atoms with van der Waals surface area (Å²) in [6.45, 7) is 3.93. The average Bonchev–Trinajstić information content (AvgIpc) is 3.01. The number of hydrogen-bond donors (Lipinski definition) is 3. The fraction of sp³-hybridized carbons (Fsp3) is 0.125. The summed E-state index contributed by atoms with van der Waals surface area (Å²) in [7, 11) is 0. The van der Waals surface area contributed by atoms with Crippen molar-refractivity contribution in [1.82, 2.24) is 15.3 Å². The van der Waals surface area contributed by atoms with Gasteiger partial charge in [-0.05, 0) is 72.8 Å². The van der Waals surface area contributed by atoms with E-state index in [-0.39, 0.29) is 5.78 Å². The van der Waals surface area contributed by atoms with Crippen LogP contribution in [0.5, 0.6) is 0 Å². The number of halogens is 1. The Balaban J connectivity index is 1.15. The number of anilines is 3. The lowest BCUT2D eigenvalue weighted by Gasteiger charge is -2.29. The predicted octanol–water partition coefficient (Wildman–Crippen LogP) is 5.72. The molecule has 0 atom stereocenters. The van der Waals surface area contributed by atoms with Gasteiger partial charge in [0.25, 0.3) is 0 Å². The average molecular weight is 547 g/mol. The van der Waals surface area contributed by atoms with E-state index in [0.717, 1.165) is 37.4 Å². The molecule has 0 aliphatic carbocycles. The molecular formula is C32H27FN6O2. The number of amides is 2. The summed E-state index contributed by atoms with van der Waals surface area (Å²) in [6.07, 6.45) is 1.75. The highest BCUT2D eigenvalue weighted by Crippen LogP contribution is 2.24. The first kappa shape index (κ1) is 26.1. The number of nitrogens with one attached hydrogen (secondary N) is 3. The van der Waals surface area contributed by atoms with Gasteiger partial charge < -0.3 is 20.9 Å². The summed E-state index contributed by atoms with van der Waals surface area (Å²) in [4.78, 5) is 37.2. The van der Waals surface area contributed by atoms with Crippen molar-refractivity contribution in [2.45, 2.75) is 0 Å². The third-order valence-electron chi connectivity index (χ3n) is 6.94. The van der Waals surface area contributed by atoms with Crippen LogP contribution in [0.4, 0.5) is 26.2 Å². The van der Waals surface area contributed by atoms with Gasteiger partial charge in [-0.15, -0.1) is 0 Å². The molecule has 4 aromatic carbocycles. The highest BCUT2D eigenvalue weighted by molar-refractivity contribution is 6.10. The molecule has 3 N–H and O–H groups in total. The molecule has 9 heteroatoms. The van der Waals surface area contributed by atoms with E-state index in [2.05, 4.69) is 50.1 Å². The van der Waals surface area contributed by atoms with E-state index in [4.69, 9.17) is 4.98 Å². The van der Waals surface area contributed by atoms with Gasteiger partial charge in [0.05, 0.1) is 22.9 Å². The van der Waals surface area contributed by atoms with Gasteiger partial charge in [0.15, 0.2) is 5.78 Å². The van der Waals surface area contributed by atoms with E-state index >= 15 is 0 Å². The fourth-order valence-electron chi connectivity index (χ4n) is 4.79. The second kappa shape index (κ2) is 11.5. The molecule has 2 heterocycles. The molecule has 0 radical (unpaired) electrons. The Bertz CT molecular complexity index is 1720. The van der Waals surface area contributed by atoms with Gasteiger partial charge in [0.1, 0.15) is 5.82 Å². The van der Waals surface area contributed by atoms with Crippen LogP contribution in [0.25, 0.3) is 22.3 Å². The maximum atomic E-state index is 13.3. The number of ketones is 1. The zero-order chi connectivity index (χ0) is 28.2. The van der Waals surface area contributed by atoms with E-state index < -0.39 is 11.8 Å². The van der Waals surface area contributed by atoms with Crippen LogP contribution in [0.1, 0.15) is 15.9 Å². The molecule has 8 nitrogen and oxygen atoms in total. The van der Waals surface area contributed by atoms with Crippen LogP contribution >= 0.6 is 0 Å². The first-order chi connectivity index (χ1) is 20.0. The van der Waals surface area contributed by atoms with E-state index in [0.29, 0.717) is 33.5 Å². The molecule has 0 bridgehead atoms. The fourth-order valence-corrected chi connectivity index (χ4v) is 4.79. The Labute approximate surface area is 236 Å². The summed E-state index contributed by atoms with van der Waals surface area (Å²) in [5, 5.41) is 8.62. The smallest absolute Gasteiger partial charge is 0.323 e. The summed E-state index contributed by atoms with van der Waals surface area (Å²) in [5.41, 5.74) is 6.00. The summed E-state index contributed by atoms with van der Waals surface area (Å²) in [5.74, 6) is -0.614. The van der Waals surface area contributed by atoms with Gasteiger partial charge >= 0.3 is 6.03 Å². The molecule has 1 aliphatic rings. The van der Waals surface area contributed by atoms with Gasteiger partial charge in [-0.2, -0.15) is 0 Å². The molecule has 0 unspecified atom stereocenters. The Morgan fingerprint density at radius 2 is 1.51 bits per heavy atom. The van der Waals surface area contributed by atoms with E-state index in [1.165, 1.54) is 23.9 Å². The third kappa shape index (κ3) is 6.05. The number of fused-ring (bicyclic) bond motifs is 1. The number of hydrogen-bond acceptors (Lipinski definition) is 6. The summed E-state index contributed by atoms with van der Waals surface area (Å²) < 4.78 is 13.3. The van der Waals surface area contributed by atoms with E-state index in [1.54, 1.807) is 54.7 Å². The number of rotatable bonds is 6. The second-order valence-electron chi connectivity index (χ2n) is 9.74. The van der Waals surface area contributed by atoms with Crippen molar-refractivity contribution >= 4 is 39.9 Å². The van der Waals surface area contributed by atoms with Crippen molar-refractivity contribution in [3.63, 3.8) is 0 Å². The molecular weight excluding hydrogens is 519 g/mol. The first-order valence-electron chi connectivity index (χ1n) is 13.3. The highest BCUT2D eigenvalue weighted by Gasteiger charge is 2.14. The molecule has 0 saturated carbocycles. The minimum Gasteiger partial charge on any atom is -0.369 e. The van der Waals surface area contributed by atoms with Crippen molar-refractivity contribution in [3.05, 3.63) is 114 Å². The van der Waals surface area contributed by atoms with Crippen LogP contribution in [0.3, 0.4) is 0 Å². The maximum Gasteiger partial charge on any atom is 0.323 e. The number of piperazine rings is 1. The van der Waals surface area contributed by atoms with Crippen LogP contribution in [0.2, 0.25) is 0 Å². The number of nitrogens with zero attached hydrogens (tertiary/aromatic N) is 3. The standard InChI is InChI=1S/C32H27FN6O2/c33-24-2-1-3-26(19-24)37-32(41)36-25-9-4-22(5-10-25)31(40)23-8-13-28-29(18-23)38-30(20-35-28)21-6-11-27(12-7-21)39-16-14-34-15-17-39/h1-13,18-20,34H,14-17H2,(H2,36,37,41). The second-order valence-corrected chi connectivity index (χ2v) is 9.74. The van der Waals surface area contributed by atoms with Gasteiger partial charge in [0.2, 0.25) is 0 Å². The summed E-state index contributed by atoms with van der Waals surface area (Å²) in [6, 6.07) is 25.3. The molecule has 204 valence electrons. The van der Waals surface area contributed by atoms with Crippen LogP contribution in [0.15, 0.2) is 97.2 Å². The molecule has 1 aromatic heterocycles. The van der Waals surface area contributed by atoms with Crippen molar-refractivity contribution < 1.29 is 14.0 Å². The number of aromatic nitrogens is 2. The minimum atomic E-state index is -0.517. The van der Waals surface area contributed by atoms with Crippen LogP contribution < -0.4 is 20.9 Å². The normalized spacial score (nSPS) is 13.1. The monoisotopic (exact) mass is 546 g/mol. The molecule has 1 aliphatic heterocycles. The van der Waals surface area contributed by atoms with Gasteiger partial charge in [-0.3, -0.25) is 9.78 Å². The quantitative estimate of drug-likeness (QED) is 0.236. The van der Waals surface area contributed by atoms with Gasteiger partial charge in [0, 0.05) is 59.9 Å². The lowest BCUT2D eigenvalue weighted by atomic mass is 10.0. The molecule has 1 fully saturated rings. The Kier molecular flexibility index (Phi) is 7.34. The number of benzene rings is 4. The summed E-state index contributed by atoms with van der Waals surface area (Å²) >= 11 is 0. The van der Waals surface area contributed by atoms with Crippen LogP contribution in [0, 0.1) is 5.82 Å². The zero-order valence-electron chi connectivity index (χ0n) is 22.1. The molecule has 0 spiro atoms. The Hall–Kier alpha value is -5.15. The first-order valence-corrected chi connectivity index (χ1v) is 13.3. The number of urea groups is 1. The van der Waals surface area contributed by atoms with Crippen molar-refractivity contribution in [1.29, 1.82) is 0 Å². The number of carbonyl (C=O) groups is 2. The lowest BCUT2D eigenvalue weighted by Crippen LogP contribution is -2.43.